The van der Waals surface area contributed by atoms with Crippen molar-refractivity contribution < 1.29 is 14.0 Å². The smallest absolute Gasteiger partial charge is 0.228 e. The summed E-state index contributed by atoms with van der Waals surface area (Å²) in [4.78, 5) is 30.9. The van der Waals surface area contributed by atoms with Gasteiger partial charge in [0.05, 0.1) is 24.4 Å². The molecule has 2 amide bonds. The van der Waals surface area contributed by atoms with Crippen LogP contribution in [0.4, 0.5) is 5.13 Å². The molecule has 1 fully saturated rings. The molecule has 1 aliphatic rings. The number of piperidine rings is 1. The molecule has 1 atom stereocenters. The number of rotatable bonds is 8. The molecule has 0 spiro atoms. The fourth-order valence-electron chi connectivity index (χ4n) is 3.25. The standard InChI is InChI=1S/C20H28N4O3S/c1-14(2)19(26)23-20-22-15(13-28-20)11-18(25)21-12-16(17-7-6-10-27-17)24-8-4-3-5-9-24/h6-7,10,13-14,16H,3-5,8-9,11-12H2,1-2H3,(H,21,25)(H,22,23,26). The number of carbonyl (C=O) groups excluding carboxylic acids is 2. The van der Waals surface area contributed by atoms with Crippen LogP contribution in [0.25, 0.3) is 0 Å². The Balaban J connectivity index is 1.53. The van der Waals surface area contributed by atoms with Gasteiger partial charge in [0, 0.05) is 17.8 Å². The minimum absolute atomic E-state index is 0.0515. The molecule has 152 valence electrons. The number of nitrogens with one attached hydrogen (secondary N) is 2. The molecule has 28 heavy (non-hydrogen) atoms. The van der Waals surface area contributed by atoms with Crippen molar-refractivity contribution in [1.29, 1.82) is 0 Å². The lowest BCUT2D eigenvalue weighted by Gasteiger charge is -2.33. The van der Waals surface area contributed by atoms with Gasteiger partial charge in [-0.05, 0) is 38.1 Å². The van der Waals surface area contributed by atoms with Crippen LogP contribution in [0.2, 0.25) is 0 Å². The molecule has 1 saturated heterocycles. The Kier molecular flexibility index (Phi) is 7.22. The maximum Gasteiger partial charge on any atom is 0.228 e. The maximum absolute atomic E-state index is 12.4. The quantitative estimate of drug-likeness (QED) is 0.705. The first-order valence-corrected chi connectivity index (χ1v) is 10.7. The molecule has 0 saturated carbocycles. The zero-order valence-electron chi connectivity index (χ0n) is 16.4. The summed E-state index contributed by atoms with van der Waals surface area (Å²) < 4.78 is 5.62. The van der Waals surface area contributed by atoms with E-state index in [2.05, 4.69) is 20.5 Å². The third-order valence-corrected chi connectivity index (χ3v) is 5.65. The largest absolute Gasteiger partial charge is 0.468 e. The predicted octanol–water partition coefficient (Wildman–Crippen LogP) is 3.22. The maximum atomic E-state index is 12.4. The van der Waals surface area contributed by atoms with E-state index in [9.17, 15) is 9.59 Å². The average molecular weight is 405 g/mol. The van der Waals surface area contributed by atoms with Crippen molar-refractivity contribution in [3.05, 3.63) is 35.2 Å². The zero-order chi connectivity index (χ0) is 19.9. The van der Waals surface area contributed by atoms with E-state index < -0.39 is 0 Å². The number of carbonyl (C=O) groups is 2. The highest BCUT2D eigenvalue weighted by Crippen LogP contribution is 2.24. The van der Waals surface area contributed by atoms with E-state index in [0.717, 1.165) is 18.8 Å². The summed E-state index contributed by atoms with van der Waals surface area (Å²) in [5.74, 6) is 0.618. The molecule has 0 aromatic carbocycles. The summed E-state index contributed by atoms with van der Waals surface area (Å²) in [7, 11) is 0. The van der Waals surface area contributed by atoms with Crippen molar-refractivity contribution >= 4 is 28.3 Å². The number of hydrogen-bond donors (Lipinski definition) is 2. The monoisotopic (exact) mass is 404 g/mol. The van der Waals surface area contributed by atoms with Gasteiger partial charge in [0.1, 0.15) is 5.76 Å². The SMILES string of the molecule is CC(C)C(=O)Nc1nc(CC(=O)NCC(c2ccco2)N2CCCCC2)cs1. The number of likely N-dealkylation sites (tertiary alicyclic amines) is 1. The molecule has 2 aromatic rings. The fraction of sp³-hybridized carbons (Fsp3) is 0.550. The van der Waals surface area contributed by atoms with E-state index in [1.54, 1.807) is 6.26 Å². The van der Waals surface area contributed by atoms with Gasteiger partial charge in [-0.15, -0.1) is 11.3 Å². The van der Waals surface area contributed by atoms with Gasteiger partial charge in [-0.3, -0.25) is 14.5 Å². The third-order valence-electron chi connectivity index (χ3n) is 4.84. The number of hydrogen-bond acceptors (Lipinski definition) is 6. The topological polar surface area (TPSA) is 87.5 Å². The highest BCUT2D eigenvalue weighted by Gasteiger charge is 2.25. The first kappa shape index (κ1) is 20.5. The van der Waals surface area contributed by atoms with Crippen LogP contribution in [-0.4, -0.2) is 41.3 Å². The Hall–Kier alpha value is -2.19. The second-order valence-corrected chi connectivity index (χ2v) is 8.25. The van der Waals surface area contributed by atoms with Gasteiger partial charge in [-0.25, -0.2) is 4.98 Å². The lowest BCUT2D eigenvalue weighted by Crippen LogP contribution is -2.40. The Morgan fingerprint density at radius 3 is 2.75 bits per heavy atom. The van der Waals surface area contributed by atoms with Crippen LogP contribution < -0.4 is 10.6 Å². The summed E-state index contributed by atoms with van der Waals surface area (Å²) in [5, 5.41) is 8.13. The number of nitrogens with zero attached hydrogens (tertiary/aromatic N) is 2. The van der Waals surface area contributed by atoms with Crippen molar-refractivity contribution in [2.24, 2.45) is 5.92 Å². The average Bonchev–Trinajstić information content (AvgIpc) is 3.35. The molecule has 0 bridgehead atoms. The molecular formula is C20H28N4O3S. The molecule has 2 aromatic heterocycles. The van der Waals surface area contributed by atoms with E-state index in [1.807, 2.05) is 31.4 Å². The van der Waals surface area contributed by atoms with Gasteiger partial charge in [-0.1, -0.05) is 20.3 Å². The minimum Gasteiger partial charge on any atom is -0.468 e. The van der Waals surface area contributed by atoms with E-state index >= 15 is 0 Å². The fourth-order valence-corrected chi connectivity index (χ4v) is 3.97. The number of thiazole rings is 1. The number of anilines is 1. The molecule has 2 N–H and O–H groups in total. The van der Waals surface area contributed by atoms with Gasteiger partial charge in [0.15, 0.2) is 5.13 Å². The summed E-state index contributed by atoms with van der Waals surface area (Å²) in [6.45, 7) is 6.20. The molecular weight excluding hydrogens is 376 g/mol. The van der Waals surface area contributed by atoms with Crippen molar-refractivity contribution in [2.45, 2.75) is 45.6 Å². The number of amides is 2. The normalized spacial score (nSPS) is 16.1. The molecule has 1 aliphatic heterocycles. The Labute approximate surface area is 169 Å². The Bertz CT molecular complexity index is 766. The summed E-state index contributed by atoms with van der Waals surface area (Å²) in [5.41, 5.74) is 0.661. The lowest BCUT2D eigenvalue weighted by atomic mass is 10.1. The third kappa shape index (κ3) is 5.65. The van der Waals surface area contributed by atoms with Crippen LogP contribution in [-0.2, 0) is 16.0 Å². The van der Waals surface area contributed by atoms with Gasteiger partial charge >= 0.3 is 0 Å². The molecule has 3 heterocycles. The van der Waals surface area contributed by atoms with Crippen LogP contribution in [0, 0.1) is 5.92 Å². The van der Waals surface area contributed by atoms with Crippen molar-refractivity contribution in [2.75, 3.05) is 25.0 Å². The van der Waals surface area contributed by atoms with Gasteiger partial charge < -0.3 is 15.1 Å². The lowest BCUT2D eigenvalue weighted by molar-refractivity contribution is -0.121. The molecule has 8 heteroatoms. The van der Waals surface area contributed by atoms with E-state index in [0.29, 0.717) is 17.4 Å². The van der Waals surface area contributed by atoms with Crippen LogP contribution in [0.5, 0.6) is 0 Å². The van der Waals surface area contributed by atoms with Crippen LogP contribution in [0.3, 0.4) is 0 Å². The zero-order valence-corrected chi connectivity index (χ0v) is 17.3. The second-order valence-electron chi connectivity index (χ2n) is 7.40. The summed E-state index contributed by atoms with van der Waals surface area (Å²) >= 11 is 1.34. The summed E-state index contributed by atoms with van der Waals surface area (Å²) in [6.07, 6.45) is 5.48. The molecule has 7 nitrogen and oxygen atoms in total. The van der Waals surface area contributed by atoms with Gasteiger partial charge in [-0.2, -0.15) is 0 Å². The van der Waals surface area contributed by atoms with E-state index in [4.69, 9.17) is 4.42 Å². The van der Waals surface area contributed by atoms with Crippen LogP contribution in [0.15, 0.2) is 28.2 Å². The highest BCUT2D eigenvalue weighted by molar-refractivity contribution is 7.13. The second kappa shape index (κ2) is 9.84. The number of aromatic nitrogens is 1. The van der Waals surface area contributed by atoms with E-state index in [1.165, 1.54) is 30.6 Å². The molecule has 0 radical (unpaired) electrons. The van der Waals surface area contributed by atoms with Crippen molar-refractivity contribution in [3.63, 3.8) is 0 Å². The Morgan fingerprint density at radius 2 is 2.07 bits per heavy atom. The molecule has 1 unspecified atom stereocenters. The van der Waals surface area contributed by atoms with Gasteiger partial charge in [0.25, 0.3) is 0 Å². The number of furan rings is 1. The first-order chi connectivity index (χ1) is 13.5. The highest BCUT2D eigenvalue weighted by atomic mass is 32.1. The summed E-state index contributed by atoms with van der Waals surface area (Å²) in [6, 6.07) is 3.90. The molecule has 0 aliphatic carbocycles. The predicted molar refractivity (Wildman–Crippen MR) is 109 cm³/mol. The van der Waals surface area contributed by atoms with Gasteiger partial charge in [0.2, 0.25) is 11.8 Å². The van der Waals surface area contributed by atoms with Crippen molar-refractivity contribution in [3.8, 4) is 0 Å². The Morgan fingerprint density at radius 1 is 1.29 bits per heavy atom. The first-order valence-electron chi connectivity index (χ1n) is 9.82. The van der Waals surface area contributed by atoms with E-state index in [-0.39, 0.29) is 30.2 Å². The van der Waals surface area contributed by atoms with Crippen molar-refractivity contribution in [1.82, 2.24) is 15.2 Å². The molecule has 3 rings (SSSR count). The van der Waals surface area contributed by atoms with Crippen LogP contribution >= 0.6 is 11.3 Å². The van der Waals surface area contributed by atoms with Crippen LogP contribution in [0.1, 0.15) is 50.6 Å². The minimum atomic E-state index is -0.107.